The molecule has 204 valence electrons. The second-order valence-electron chi connectivity index (χ2n) is 10.7. The van der Waals surface area contributed by atoms with Crippen molar-refractivity contribution in [3.63, 3.8) is 0 Å². The van der Waals surface area contributed by atoms with Gasteiger partial charge in [0.05, 0.1) is 11.9 Å². The molecular weight excluding hydrogens is 448 g/mol. The Morgan fingerprint density at radius 1 is 0.595 bits per heavy atom. The molecule has 0 spiro atoms. The molecule has 0 aliphatic carbocycles. The molecule has 2 heteroatoms. The fourth-order valence-electron chi connectivity index (χ4n) is 5.38. The molecule has 0 aliphatic rings. The van der Waals surface area contributed by atoms with Gasteiger partial charge in [0.15, 0.2) is 0 Å². The summed E-state index contributed by atoms with van der Waals surface area (Å²) < 4.78 is 0. The van der Waals surface area contributed by atoms with Gasteiger partial charge in [0.1, 0.15) is 0 Å². The first-order valence-corrected chi connectivity index (χ1v) is 15.4. The third kappa shape index (κ3) is 10.6. The van der Waals surface area contributed by atoms with Crippen molar-refractivity contribution in [1.29, 1.82) is 0 Å². The number of benzene rings is 2. The van der Waals surface area contributed by atoms with Crippen LogP contribution in [0.15, 0.2) is 40.7 Å². The molecule has 0 amide bonds. The van der Waals surface area contributed by atoms with E-state index in [1.54, 1.807) is 11.1 Å². The summed E-state index contributed by atoms with van der Waals surface area (Å²) in [7, 11) is 0. The predicted molar refractivity (Wildman–Crippen MR) is 164 cm³/mol. The summed E-state index contributed by atoms with van der Waals surface area (Å²) in [6.07, 6.45) is 22.4. The van der Waals surface area contributed by atoms with Crippen LogP contribution in [-0.2, 0) is 32.1 Å². The smallest absolute Gasteiger partial charge is 0.0862 e. The van der Waals surface area contributed by atoms with Gasteiger partial charge in [-0.15, -0.1) is 0 Å². The molecule has 0 aliphatic heterocycles. The maximum Gasteiger partial charge on any atom is 0.0862 e. The third-order valence-electron chi connectivity index (χ3n) is 7.55. The van der Waals surface area contributed by atoms with Crippen molar-refractivity contribution < 1.29 is 0 Å². The van der Waals surface area contributed by atoms with Gasteiger partial charge in [-0.05, 0) is 122 Å². The highest BCUT2D eigenvalue weighted by Gasteiger charge is 2.10. The lowest BCUT2D eigenvalue weighted by Gasteiger charge is -2.15. The first kappa shape index (κ1) is 31.0. The molecule has 0 fully saturated rings. The minimum Gasteiger partial charge on any atom is -0.159 e. The van der Waals surface area contributed by atoms with E-state index in [1.807, 2.05) is 6.20 Å². The van der Waals surface area contributed by atoms with E-state index < -0.39 is 0 Å². The molecule has 37 heavy (non-hydrogen) atoms. The first-order chi connectivity index (χ1) is 18.1. The van der Waals surface area contributed by atoms with Crippen LogP contribution < -0.4 is 0 Å². The molecule has 2 rings (SSSR count). The summed E-state index contributed by atoms with van der Waals surface area (Å²) in [4.78, 5) is 0. The average molecular weight is 503 g/mol. The van der Waals surface area contributed by atoms with Crippen molar-refractivity contribution >= 4 is 11.8 Å². The van der Waals surface area contributed by atoms with Crippen LogP contribution in [0.4, 0.5) is 5.69 Å². The van der Waals surface area contributed by atoms with Crippen LogP contribution in [0.5, 0.6) is 0 Å². The largest absolute Gasteiger partial charge is 0.159 e. The minimum absolute atomic E-state index is 1.01. The lowest BCUT2D eigenvalue weighted by molar-refractivity contribution is 0.663. The summed E-state index contributed by atoms with van der Waals surface area (Å²) in [6.45, 7) is 13.7. The van der Waals surface area contributed by atoms with E-state index in [2.05, 4.69) is 82.1 Å². The van der Waals surface area contributed by atoms with Crippen LogP contribution in [0, 0.1) is 6.92 Å². The van der Waals surface area contributed by atoms with E-state index in [-0.39, 0.29) is 0 Å². The van der Waals surface area contributed by atoms with Gasteiger partial charge >= 0.3 is 0 Å². The zero-order chi connectivity index (χ0) is 26.9. The van der Waals surface area contributed by atoms with Gasteiger partial charge < -0.3 is 0 Å². The molecular formula is C35H54N2. The first-order valence-electron chi connectivity index (χ1n) is 15.4. The van der Waals surface area contributed by atoms with Crippen LogP contribution in [0.3, 0.4) is 0 Å². The van der Waals surface area contributed by atoms with Gasteiger partial charge in [0, 0.05) is 0 Å². The zero-order valence-corrected chi connectivity index (χ0v) is 25.0. The highest BCUT2D eigenvalue weighted by Crippen LogP contribution is 2.28. The number of hydrogen-bond acceptors (Lipinski definition) is 2. The Morgan fingerprint density at radius 2 is 1.16 bits per heavy atom. The SMILES string of the molecule is CCCCCCc1cc(N=NC=Cc2cc(C)c(CCCC)c(CCCC)c2)cc(CCCC)c1CC. The number of hydrogen-bond donors (Lipinski definition) is 0. The minimum atomic E-state index is 1.01. The van der Waals surface area contributed by atoms with E-state index in [0.717, 1.165) is 24.9 Å². The van der Waals surface area contributed by atoms with Gasteiger partial charge in [0.25, 0.3) is 0 Å². The van der Waals surface area contributed by atoms with Crippen LogP contribution in [0.25, 0.3) is 6.08 Å². The molecule has 0 saturated carbocycles. The topological polar surface area (TPSA) is 24.7 Å². The second-order valence-corrected chi connectivity index (χ2v) is 10.7. The van der Waals surface area contributed by atoms with Crippen LogP contribution >= 0.6 is 0 Å². The van der Waals surface area contributed by atoms with Crippen molar-refractivity contribution in [2.45, 2.75) is 138 Å². The van der Waals surface area contributed by atoms with Crippen LogP contribution in [0.1, 0.15) is 138 Å². The highest BCUT2D eigenvalue weighted by atomic mass is 15.1. The standard InChI is InChI=1S/C35H54N2/c1-7-12-16-17-20-32-27-33(26-31(19-14-9-3)34(32)11-5)37-36-23-22-29-24-28(6)35(21-15-10-4)30(25-29)18-13-8-2/h22-27H,7-21H2,1-6H3. The fourth-order valence-corrected chi connectivity index (χ4v) is 5.38. The van der Waals surface area contributed by atoms with Gasteiger partial charge in [-0.3, -0.25) is 0 Å². The lowest BCUT2D eigenvalue weighted by atomic mass is 9.91. The predicted octanol–water partition coefficient (Wildman–Crippen LogP) is 11.5. The van der Waals surface area contributed by atoms with Crippen molar-refractivity contribution in [2.24, 2.45) is 10.2 Å². The Kier molecular flexibility index (Phi) is 15.2. The van der Waals surface area contributed by atoms with E-state index in [0.29, 0.717) is 0 Å². The Hall–Kier alpha value is -2.22. The number of nitrogens with zero attached hydrogens (tertiary/aromatic N) is 2. The van der Waals surface area contributed by atoms with Crippen molar-refractivity contribution in [3.8, 4) is 0 Å². The molecule has 0 heterocycles. The molecule has 0 saturated heterocycles. The Bertz CT molecular complexity index is 983. The molecule has 2 aromatic rings. The van der Waals surface area contributed by atoms with Crippen molar-refractivity contribution in [2.75, 3.05) is 0 Å². The van der Waals surface area contributed by atoms with Gasteiger partial charge in [0.2, 0.25) is 0 Å². The number of azo groups is 1. The van der Waals surface area contributed by atoms with E-state index in [4.69, 9.17) is 0 Å². The number of unbranched alkanes of at least 4 members (excludes halogenated alkanes) is 6. The molecule has 0 bridgehead atoms. The van der Waals surface area contributed by atoms with Gasteiger partial charge in [-0.25, -0.2) is 0 Å². The fraction of sp³-hybridized carbons (Fsp3) is 0.600. The van der Waals surface area contributed by atoms with E-state index >= 15 is 0 Å². The zero-order valence-electron chi connectivity index (χ0n) is 25.0. The summed E-state index contributed by atoms with van der Waals surface area (Å²) in [5.74, 6) is 0. The second kappa shape index (κ2) is 18.1. The summed E-state index contributed by atoms with van der Waals surface area (Å²) >= 11 is 0. The van der Waals surface area contributed by atoms with E-state index in [1.165, 1.54) is 105 Å². The maximum absolute atomic E-state index is 4.66. The molecule has 2 nitrogen and oxygen atoms in total. The highest BCUT2D eigenvalue weighted by molar-refractivity contribution is 5.55. The maximum atomic E-state index is 4.66. The normalized spacial score (nSPS) is 11.8. The van der Waals surface area contributed by atoms with Crippen LogP contribution in [0.2, 0.25) is 0 Å². The Balaban J connectivity index is 2.25. The van der Waals surface area contributed by atoms with Crippen molar-refractivity contribution in [3.05, 3.63) is 69.4 Å². The monoisotopic (exact) mass is 502 g/mol. The molecule has 2 aromatic carbocycles. The molecule has 0 aromatic heterocycles. The quantitative estimate of drug-likeness (QED) is 0.143. The molecule has 0 N–H and O–H groups in total. The molecule has 0 radical (unpaired) electrons. The third-order valence-corrected chi connectivity index (χ3v) is 7.55. The van der Waals surface area contributed by atoms with E-state index in [9.17, 15) is 0 Å². The molecule has 0 atom stereocenters. The van der Waals surface area contributed by atoms with Gasteiger partial charge in [-0.2, -0.15) is 10.2 Å². The Morgan fingerprint density at radius 3 is 1.76 bits per heavy atom. The van der Waals surface area contributed by atoms with Crippen molar-refractivity contribution in [1.82, 2.24) is 0 Å². The van der Waals surface area contributed by atoms with Gasteiger partial charge in [-0.1, -0.05) is 85.3 Å². The summed E-state index contributed by atoms with van der Waals surface area (Å²) in [5.41, 5.74) is 11.3. The van der Waals surface area contributed by atoms with Crippen LogP contribution in [-0.4, -0.2) is 0 Å². The Labute approximate surface area is 229 Å². The number of rotatable bonds is 18. The molecule has 0 unspecified atom stereocenters. The average Bonchev–Trinajstić information content (AvgIpc) is 2.90. The lowest BCUT2D eigenvalue weighted by Crippen LogP contribution is -2.00. The number of aryl methyl sites for hydroxylation is 4. The summed E-state index contributed by atoms with van der Waals surface area (Å²) in [5, 5.41) is 9.16. The summed E-state index contributed by atoms with van der Waals surface area (Å²) in [6, 6.07) is 9.29.